The molecule has 0 radical (unpaired) electrons. The maximum absolute atomic E-state index is 12.6. The van der Waals surface area contributed by atoms with E-state index in [2.05, 4.69) is 5.32 Å². The highest BCUT2D eigenvalue weighted by Gasteiger charge is 2.32. The number of anilines is 1. The van der Waals surface area contributed by atoms with Crippen LogP contribution in [0.5, 0.6) is 11.5 Å². The number of nitro benzene ring substituents is 1. The van der Waals surface area contributed by atoms with Crippen LogP contribution < -0.4 is 19.7 Å². The van der Waals surface area contributed by atoms with Gasteiger partial charge < -0.3 is 19.7 Å². The maximum Gasteiger partial charge on any atom is 0.273 e. The van der Waals surface area contributed by atoms with Crippen LogP contribution in [0.25, 0.3) is 0 Å². The molecule has 1 fully saturated rings. The van der Waals surface area contributed by atoms with Gasteiger partial charge in [0.25, 0.3) is 11.6 Å². The Morgan fingerprint density at radius 2 is 1.93 bits per heavy atom. The molecule has 1 heterocycles. The monoisotopic (exact) mass is 399 g/mol. The molecule has 0 unspecified atom stereocenters. The van der Waals surface area contributed by atoms with Crippen molar-refractivity contribution < 1.29 is 24.0 Å². The number of hydrogen-bond acceptors (Lipinski definition) is 6. The second kappa shape index (κ2) is 8.17. The van der Waals surface area contributed by atoms with E-state index in [1.807, 2.05) is 0 Å². The van der Waals surface area contributed by atoms with Crippen molar-refractivity contribution in [2.45, 2.75) is 19.4 Å². The summed E-state index contributed by atoms with van der Waals surface area (Å²) in [6.07, 6.45) is 0.133. The van der Waals surface area contributed by atoms with Gasteiger partial charge in [-0.15, -0.1) is 0 Å². The first-order valence-corrected chi connectivity index (χ1v) is 8.93. The summed E-state index contributed by atoms with van der Waals surface area (Å²) in [5.41, 5.74) is 1.02. The van der Waals surface area contributed by atoms with Crippen molar-refractivity contribution in [3.63, 3.8) is 0 Å². The molecule has 2 aromatic rings. The predicted octanol–water partition coefficient (Wildman–Crippen LogP) is 2.46. The molecule has 1 aliphatic heterocycles. The molecule has 1 aliphatic rings. The molecule has 29 heavy (non-hydrogen) atoms. The zero-order chi connectivity index (χ0) is 21.1. The van der Waals surface area contributed by atoms with Crippen molar-refractivity contribution in [1.29, 1.82) is 0 Å². The number of methoxy groups -OCH3 is 2. The third-order valence-electron chi connectivity index (χ3n) is 4.89. The second-order valence-corrected chi connectivity index (χ2v) is 6.62. The molecule has 1 N–H and O–H groups in total. The third kappa shape index (κ3) is 3.98. The lowest BCUT2D eigenvalue weighted by Gasteiger charge is -2.19. The number of nitrogens with one attached hydrogen (secondary N) is 1. The summed E-state index contributed by atoms with van der Waals surface area (Å²) in [4.78, 5) is 37.2. The van der Waals surface area contributed by atoms with Gasteiger partial charge >= 0.3 is 0 Å². The Morgan fingerprint density at radius 1 is 1.21 bits per heavy atom. The van der Waals surface area contributed by atoms with Crippen LogP contribution >= 0.6 is 0 Å². The number of ether oxygens (including phenoxy) is 2. The number of hydrogen-bond donors (Lipinski definition) is 1. The standard InChI is InChI=1S/C20H21N3O6/c1-12-15(5-4-6-16(12)23(26)27)20(25)21-13-9-19(24)22(11-13)14-7-8-17(28-2)18(10-14)29-3/h4-8,10,13H,9,11H2,1-3H3,(H,21,25)/t13-/m0/s1. The van der Waals surface area contributed by atoms with Gasteiger partial charge in [-0.1, -0.05) is 6.07 Å². The van der Waals surface area contributed by atoms with Crippen LogP contribution in [0.1, 0.15) is 22.3 Å². The van der Waals surface area contributed by atoms with E-state index in [1.165, 1.54) is 39.3 Å². The number of benzene rings is 2. The van der Waals surface area contributed by atoms with Gasteiger partial charge in [0.05, 0.1) is 25.2 Å². The van der Waals surface area contributed by atoms with E-state index in [1.54, 1.807) is 23.1 Å². The van der Waals surface area contributed by atoms with Crippen LogP contribution in [-0.2, 0) is 4.79 Å². The van der Waals surface area contributed by atoms with Crippen LogP contribution in [0.15, 0.2) is 36.4 Å². The topological polar surface area (TPSA) is 111 Å². The number of rotatable bonds is 6. The Kier molecular flexibility index (Phi) is 5.67. The minimum absolute atomic E-state index is 0.118. The van der Waals surface area contributed by atoms with Gasteiger partial charge in [0.2, 0.25) is 5.91 Å². The Balaban J connectivity index is 1.75. The van der Waals surface area contributed by atoms with Crippen LogP contribution in [0.2, 0.25) is 0 Å². The van der Waals surface area contributed by atoms with E-state index >= 15 is 0 Å². The molecule has 3 rings (SSSR count). The van der Waals surface area contributed by atoms with Crippen molar-refractivity contribution in [1.82, 2.24) is 5.32 Å². The van der Waals surface area contributed by atoms with Crippen molar-refractivity contribution in [3.05, 3.63) is 57.6 Å². The van der Waals surface area contributed by atoms with E-state index in [-0.39, 0.29) is 35.7 Å². The lowest BCUT2D eigenvalue weighted by Crippen LogP contribution is -2.37. The first-order valence-electron chi connectivity index (χ1n) is 8.93. The molecular weight excluding hydrogens is 378 g/mol. The number of nitro groups is 1. The lowest BCUT2D eigenvalue weighted by atomic mass is 10.1. The summed E-state index contributed by atoms with van der Waals surface area (Å²) in [5.74, 6) is 0.461. The molecule has 0 spiro atoms. The Morgan fingerprint density at radius 3 is 2.59 bits per heavy atom. The van der Waals surface area contributed by atoms with Gasteiger partial charge in [-0.25, -0.2) is 0 Å². The number of amides is 2. The highest BCUT2D eigenvalue weighted by molar-refractivity contribution is 6.00. The largest absolute Gasteiger partial charge is 0.493 e. The van der Waals surface area contributed by atoms with E-state index in [9.17, 15) is 19.7 Å². The first-order chi connectivity index (χ1) is 13.8. The van der Waals surface area contributed by atoms with Crippen molar-refractivity contribution in [2.75, 3.05) is 25.7 Å². The summed E-state index contributed by atoms with van der Waals surface area (Å²) in [6.45, 7) is 1.82. The molecule has 2 aromatic carbocycles. The average Bonchev–Trinajstić information content (AvgIpc) is 3.07. The van der Waals surface area contributed by atoms with Crippen molar-refractivity contribution >= 4 is 23.2 Å². The molecule has 9 heteroatoms. The second-order valence-electron chi connectivity index (χ2n) is 6.62. The first kappa shape index (κ1) is 20.1. The van der Waals surface area contributed by atoms with Gasteiger partial charge in [-0.2, -0.15) is 0 Å². The van der Waals surface area contributed by atoms with Crippen molar-refractivity contribution in [2.24, 2.45) is 0 Å². The zero-order valence-corrected chi connectivity index (χ0v) is 16.3. The van der Waals surface area contributed by atoms with Gasteiger partial charge in [0.1, 0.15) is 0 Å². The van der Waals surface area contributed by atoms with E-state index < -0.39 is 16.9 Å². The average molecular weight is 399 g/mol. The fourth-order valence-corrected chi connectivity index (χ4v) is 3.38. The highest BCUT2D eigenvalue weighted by Crippen LogP contribution is 2.33. The van der Waals surface area contributed by atoms with Gasteiger partial charge in [0.15, 0.2) is 11.5 Å². The molecule has 0 saturated carbocycles. The lowest BCUT2D eigenvalue weighted by molar-refractivity contribution is -0.385. The van der Waals surface area contributed by atoms with Gasteiger partial charge in [-0.05, 0) is 25.1 Å². The summed E-state index contributed by atoms with van der Waals surface area (Å²) in [5, 5.41) is 13.9. The fraction of sp³-hybridized carbons (Fsp3) is 0.300. The molecule has 0 aromatic heterocycles. The van der Waals surface area contributed by atoms with E-state index in [0.29, 0.717) is 17.2 Å². The summed E-state index contributed by atoms with van der Waals surface area (Å²) >= 11 is 0. The Bertz CT molecular complexity index is 975. The Hall–Kier alpha value is -3.62. The molecule has 9 nitrogen and oxygen atoms in total. The van der Waals surface area contributed by atoms with Crippen LogP contribution in [-0.4, -0.2) is 43.5 Å². The highest BCUT2D eigenvalue weighted by atomic mass is 16.6. The maximum atomic E-state index is 12.6. The van der Waals surface area contributed by atoms with E-state index in [4.69, 9.17) is 9.47 Å². The third-order valence-corrected chi connectivity index (χ3v) is 4.89. The minimum Gasteiger partial charge on any atom is -0.493 e. The number of nitrogens with zero attached hydrogens (tertiary/aromatic N) is 2. The van der Waals surface area contributed by atoms with Gasteiger partial charge in [-0.3, -0.25) is 19.7 Å². The van der Waals surface area contributed by atoms with Crippen LogP contribution in [0.4, 0.5) is 11.4 Å². The predicted molar refractivity (Wildman–Crippen MR) is 106 cm³/mol. The number of carbonyl (C=O) groups excluding carboxylic acids is 2. The molecular formula is C20H21N3O6. The zero-order valence-electron chi connectivity index (χ0n) is 16.3. The molecule has 0 aliphatic carbocycles. The molecule has 1 atom stereocenters. The minimum atomic E-state index is -0.524. The normalized spacial score (nSPS) is 15.9. The summed E-state index contributed by atoms with van der Waals surface area (Å²) < 4.78 is 10.5. The molecule has 1 saturated heterocycles. The van der Waals surface area contributed by atoms with E-state index in [0.717, 1.165) is 0 Å². The van der Waals surface area contributed by atoms with Crippen molar-refractivity contribution in [3.8, 4) is 11.5 Å². The van der Waals surface area contributed by atoms with Crippen LogP contribution in [0.3, 0.4) is 0 Å². The van der Waals surface area contributed by atoms with Gasteiger partial charge in [0, 0.05) is 41.9 Å². The van der Waals surface area contributed by atoms with Crippen LogP contribution in [0, 0.1) is 17.0 Å². The Labute approximate surface area is 167 Å². The summed E-state index contributed by atoms with van der Waals surface area (Å²) in [6, 6.07) is 9.08. The SMILES string of the molecule is COc1ccc(N2C[C@@H](NC(=O)c3cccc([N+](=O)[O-])c3C)CC2=O)cc1OC. The quantitative estimate of drug-likeness (QED) is 0.590. The summed E-state index contributed by atoms with van der Waals surface area (Å²) in [7, 11) is 3.04. The molecule has 0 bridgehead atoms. The molecule has 2 amide bonds. The molecule has 152 valence electrons. The smallest absolute Gasteiger partial charge is 0.273 e. The fourth-order valence-electron chi connectivity index (χ4n) is 3.38. The number of carbonyl (C=O) groups is 2.